The first-order valence-corrected chi connectivity index (χ1v) is 12.8. The predicted molar refractivity (Wildman–Crippen MR) is 144 cm³/mol. The van der Waals surface area contributed by atoms with E-state index in [1.165, 1.54) is 18.9 Å². The lowest BCUT2D eigenvalue weighted by Crippen LogP contribution is -2.53. The molecule has 2 unspecified atom stereocenters. The van der Waals surface area contributed by atoms with Crippen molar-refractivity contribution >= 4 is 35.4 Å². The van der Waals surface area contributed by atoms with Gasteiger partial charge in [0, 0.05) is 19.3 Å². The number of ketones is 1. The van der Waals surface area contributed by atoms with Crippen molar-refractivity contribution in [3.8, 4) is 0 Å². The first kappa shape index (κ1) is 32.4. The Hall–Kier alpha value is -3.67. The summed E-state index contributed by atoms with van der Waals surface area (Å²) in [4.78, 5) is 61.3. The molecular weight excluding hydrogens is 492 g/mol. The monoisotopic (exact) mass is 534 g/mol. The number of urea groups is 1. The number of anilines is 1. The van der Waals surface area contributed by atoms with Gasteiger partial charge >= 0.3 is 12.1 Å². The summed E-state index contributed by atoms with van der Waals surface area (Å²) in [5, 5.41) is 11.3. The molecule has 1 aromatic rings. The minimum Gasteiger partial charge on any atom is -0.445 e. The molecule has 5 amide bonds. The van der Waals surface area contributed by atoms with E-state index in [0.717, 1.165) is 6.42 Å². The number of hydrogen-bond donors (Lipinski definition) is 5. The van der Waals surface area contributed by atoms with Crippen LogP contribution in [0.5, 0.6) is 0 Å². The zero-order chi connectivity index (χ0) is 28.7. The molecule has 0 radical (unpaired) electrons. The minimum atomic E-state index is -0.834. The van der Waals surface area contributed by atoms with E-state index in [0.29, 0.717) is 24.2 Å². The normalized spacial score (nSPS) is 12.3. The number of primary amides is 1. The van der Waals surface area contributed by atoms with Crippen LogP contribution in [0, 0.1) is 5.92 Å². The molecule has 38 heavy (non-hydrogen) atoms. The molecule has 12 nitrogen and oxygen atoms in total. The van der Waals surface area contributed by atoms with Gasteiger partial charge in [0.1, 0.15) is 18.4 Å². The third-order valence-corrected chi connectivity index (χ3v) is 5.52. The highest BCUT2D eigenvalue weighted by molar-refractivity contribution is 5.97. The number of Topliss-reactive ketones (excluding diaryl/α,β-unsaturated/α-hetero) is 1. The molecule has 2 atom stereocenters. The topological polar surface area (TPSA) is 172 Å². The van der Waals surface area contributed by atoms with Crippen molar-refractivity contribution in [3.63, 3.8) is 0 Å². The van der Waals surface area contributed by atoms with Gasteiger partial charge in [0.15, 0.2) is 0 Å². The maximum atomic E-state index is 13.1. The molecule has 0 saturated heterocycles. The quantitative estimate of drug-likeness (QED) is 0.201. The van der Waals surface area contributed by atoms with Crippen molar-refractivity contribution in [2.24, 2.45) is 11.7 Å². The SMILES string of the molecule is CCCNC(C(=O)NC(CCCNC(N)=O)C(=O)Nc1ccc(COC(=O)N(C)CC(C)=O)cc1)C(C)C. The lowest BCUT2D eigenvalue weighted by molar-refractivity contribution is -0.128. The summed E-state index contributed by atoms with van der Waals surface area (Å²) in [5.41, 5.74) is 6.29. The Morgan fingerprint density at radius 3 is 2.24 bits per heavy atom. The number of ether oxygens (including phenoxy) is 1. The Morgan fingerprint density at radius 2 is 1.68 bits per heavy atom. The molecule has 0 aliphatic heterocycles. The standard InChI is InChI=1S/C26H42N6O6/c1-6-13-28-22(17(2)3)24(35)31-21(8-7-14-29-25(27)36)23(34)30-20-11-9-19(10-12-20)16-38-26(37)32(5)15-18(4)33/h9-12,17,21-22,28H,6-8,13-16H2,1-5H3,(H,30,34)(H,31,35)(H3,27,29,36). The van der Waals surface area contributed by atoms with Gasteiger partial charge in [-0.1, -0.05) is 32.9 Å². The summed E-state index contributed by atoms with van der Waals surface area (Å²) in [6.07, 6.45) is 0.968. The van der Waals surface area contributed by atoms with E-state index in [9.17, 15) is 24.0 Å². The maximum absolute atomic E-state index is 13.1. The van der Waals surface area contributed by atoms with E-state index < -0.39 is 30.1 Å². The zero-order valence-electron chi connectivity index (χ0n) is 23.0. The summed E-state index contributed by atoms with van der Waals surface area (Å²) < 4.78 is 5.19. The van der Waals surface area contributed by atoms with Crippen LogP contribution in [0.4, 0.5) is 15.3 Å². The highest BCUT2D eigenvalue weighted by Gasteiger charge is 2.27. The molecular formula is C26H42N6O6. The highest BCUT2D eigenvalue weighted by atomic mass is 16.6. The van der Waals surface area contributed by atoms with E-state index in [4.69, 9.17) is 10.5 Å². The second-order valence-corrected chi connectivity index (χ2v) is 9.47. The summed E-state index contributed by atoms with van der Waals surface area (Å²) in [6, 6.07) is 4.77. The number of carbonyl (C=O) groups is 5. The van der Waals surface area contributed by atoms with Crippen LogP contribution >= 0.6 is 0 Å². The Bertz CT molecular complexity index is 937. The van der Waals surface area contributed by atoms with Crippen LogP contribution in [-0.4, -0.2) is 73.4 Å². The molecule has 0 aromatic heterocycles. The summed E-state index contributed by atoms with van der Waals surface area (Å²) in [7, 11) is 1.48. The van der Waals surface area contributed by atoms with E-state index >= 15 is 0 Å². The second kappa shape index (κ2) is 17.0. The highest BCUT2D eigenvalue weighted by Crippen LogP contribution is 2.13. The molecule has 0 aliphatic rings. The van der Waals surface area contributed by atoms with Gasteiger partial charge in [-0.2, -0.15) is 0 Å². The average Bonchev–Trinajstić information content (AvgIpc) is 2.84. The number of benzene rings is 1. The summed E-state index contributed by atoms with van der Waals surface area (Å²) in [5.74, 6) is -0.811. The predicted octanol–water partition coefficient (Wildman–Crippen LogP) is 1.74. The van der Waals surface area contributed by atoms with Crippen molar-refractivity contribution in [1.29, 1.82) is 0 Å². The third kappa shape index (κ3) is 12.5. The van der Waals surface area contributed by atoms with Crippen molar-refractivity contribution in [2.45, 2.75) is 65.6 Å². The van der Waals surface area contributed by atoms with Crippen LogP contribution in [0.15, 0.2) is 24.3 Å². The average molecular weight is 535 g/mol. The van der Waals surface area contributed by atoms with Crippen LogP contribution in [0.1, 0.15) is 52.5 Å². The maximum Gasteiger partial charge on any atom is 0.410 e. The van der Waals surface area contributed by atoms with Gasteiger partial charge in [-0.25, -0.2) is 9.59 Å². The van der Waals surface area contributed by atoms with Crippen molar-refractivity contribution in [1.82, 2.24) is 20.9 Å². The Labute approximate surface area is 224 Å². The molecule has 12 heteroatoms. The summed E-state index contributed by atoms with van der Waals surface area (Å²) >= 11 is 0. The van der Waals surface area contributed by atoms with Crippen LogP contribution in [0.3, 0.4) is 0 Å². The first-order valence-electron chi connectivity index (χ1n) is 12.8. The molecule has 1 rings (SSSR count). The number of hydrogen-bond acceptors (Lipinski definition) is 7. The first-order chi connectivity index (χ1) is 17.9. The fourth-order valence-electron chi connectivity index (χ4n) is 3.55. The van der Waals surface area contributed by atoms with Crippen molar-refractivity contribution in [2.75, 3.05) is 32.0 Å². The van der Waals surface area contributed by atoms with E-state index in [-0.39, 0.29) is 43.7 Å². The Balaban J connectivity index is 2.81. The zero-order valence-corrected chi connectivity index (χ0v) is 23.0. The fraction of sp³-hybridized carbons (Fsp3) is 0.577. The minimum absolute atomic E-state index is 0.00218. The summed E-state index contributed by atoms with van der Waals surface area (Å²) in [6.45, 7) is 8.16. The molecule has 0 saturated carbocycles. The van der Waals surface area contributed by atoms with Gasteiger partial charge in [0.25, 0.3) is 0 Å². The van der Waals surface area contributed by atoms with Gasteiger partial charge in [0.2, 0.25) is 11.8 Å². The van der Waals surface area contributed by atoms with Gasteiger partial charge in [-0.15, -0.1) is 0 Å². The number of nitrogens with zero attached hydrogens (tertiary/aromatic N) is 1. The molecule has 6 N–H and O–H groups in total. The molecule has 0 bridgehead atoms. The van der Waals surface area contributed by atoms with Crippen molar-refractivity contribution < 1.29 is 28.7 Å². The number of rotatable bonds is 16. The molecule has 212 valence electrons. The van der Waals surface area contributed by atoms with Gasteiger partial charge in [-0.3, -0.25) is 14.4 Å². The number of likely N-dealkylation sites (N-methyl/N-ethyl adjacent to an activating group) is 1. The van der Waals surface area contributed by atoms with Crippen LogP contribution in [0.2, 0.25) is 0 Å². The second-order valence-electron chi connectivity index (χ2n) is 9.47. The molecule has 1 aromatic carbocycles. The van der Waals surface area contributed by atoms with E-state index in [1.54, 1.807) is 24.3 Å². The van der Waals surface area contributed by atoms with Gasteiger partial charge in [0.05, 0.1) is 12.6 Å². The largest absolute Gasteiger partial charge is 0.445 e. The molecule has 0 aliphatic carbocycles. The van der Waals surface area contributed by atoms with E-state index in [1.807, 2.05) is 20.8 Å². The van der Waals surface area contributed by atoms with E-state index in [2.05, 4.69) is 21.3 Å². The van der Waals surface area contributed by atoms with Crippen LogP contribution < -0.4 is 27.0 Å². The number of amides is 5. The van der Waals surface area contributed by atoms with Crippen LogP contribution in [0.25, 0.3) is 0 Å². The third-order valence-electron chi connectivity index (χ3n) is 5.52. The van der Waals surface area contributed by atoms with Gasteiger partial charge < -0.3 is 36.6 Å². The fourth-order valence-corrected chi connectivity index (χ4v) is 3.55. The van der Waals surface area contributed by atoms with Crippen LogP contribution in [-0.2, 0) is 25.7 Å². The number of nitrogens with one attached hydrogen (secondary N) is 4. The Kier molecular flexibility index (Phi) is 14.4. The number of nitrogens with two attached hydrogens (primary N) is 1. The lowest BCUT2D eigenvalue weighted by Gasteiger charge is -2.25. The van der Waals surface area contributed by atoms with Crippen molar-refractivity contribution in [3.05, 3.63) is 29.8 Å². The Morgan fingerprint density at radius 1 is 1.03 bits per heavy atom. The lowest BCUT2D eigenvalue weighted by atomic mass is 10.0. The number of carbonyl (C=O) groups excluding carboxylic acids is 5. The molecule has 0 heterocycles. The van der Waals surface area contributed by atoms with Gasteiger partial charge in [-0.05, 0) is 56.3 Å². The molecule has 0 spiro atoms. The molecule has 0 fully saturated rings. The smallest absolute Gasteiger partial charge is 0.410 e.